The van der Waals surface area contributed by atoms with Crippen molar-refractivity contribution in [2.45, 2.75) is 37.5 Å². The minimum absolute atomic E-state index is 0.0110. The maximum absolute atomic E-state index is 12.4. The van der Waals surface area contributed by atoms with Crippen molar-refractivity contribution in [2.75, 3.05) is 35.2 Å². The van der Waals surface area contributed by atoms with Crippen LogP contribution in [0.25, 0.3) is 0 Å². The maximum atomic E-state index is 12.4. The van der Waals surface area contributed by atoms with Gasteiger partial charge in [0, 0.05) is 50.0 Å². The molecule has 2 amide bonds. The first-order valence-corrected chi connectivity index (χ1v) is 11.8. The molecule has 1 heterocycles. The summed E-state index contributed by atoms with van der Waals surface area (Å²) in [5, 5.41) is 5.37. The van der Waals surface area contributed by atoms with Gasteiger partial charge in [-0.3, -0.25) is 9.59 Å². The highest BCUT2D eigenvalue weighted by atomic mass is 32.2. The van der Waals surface area contributed by atoms with Gasteiger partial charge in [-0.15, -0.1) is 0 Å². The predicted molar refractivity (Wildman–Crippen MR) is 122 cm³/mol. The van der Waals surface area contributed by atoms with E-state index in [1.807, 2.05) is 24.3 Å². The molecular formula is C22H28N4O4S. The number of nitrogens with zero attached hydrogens (tertiary/aromatic N) is 1. The van der Waals surface area contributed by atoms with Crippen LogP contribution in [0.2, 0.25) is 0 Å². The molecule has 1 aliphatic heterocycles. The molecule has 3 rings (SSSR count). The molecule has 1 aliphatic rings. The zero-order valence-electron chi connectivity index (χ0n) is 17.6. The molecule has 0 unspecified atom stereocenters. The lowest BCUT2D eigenvalue weighted by Gasteiger charge is -2.28. The van der Waals surface area contributed by atoms with Gasteiger partial charge in [-0.25, -0.2) is 13.1 Å². The largest absolute Gasteiger partial charge is 0.372 e. The predicted octanol–water partition coefficient (Wildman–Crippen LogP) is 2.94. The Morgan fingerprint density at radius 3 is 2.06 bits per heavy atom. The fraction of sp³-hybridized carbons (Fsp3) is 0.364. The van der Waals surface area contributed by atoms with Crippen LogP contribution in [-0.2, 0) is 19.6 Å². The summed E-state index contributed by atoms with van der Waals surface area (Å²) < 4.78 is 27.1. The van der Waals surface area contributed by atoms with E-state index in [1.54, 1.807) is 0 Å². The molecule has 1 fully saturated rings. The molecule has 0 saturated carbocycles. The summed E-state index contributed by atoms with van der Waals surface area (Å²) in [6.07, 6.45) is 3.69. The van der Waals surface area contributed by atoms with Crippen molar-refractivity contribution in [3.63, 3.8) is 0 Å². The van der Waals surface area contributed by atoms with Crippen LogP contribution < -0.4 is 20.3 Å². The van der Waals surface area contributed by atoms with E-state index in [2.05, 4.69) is 20.3 Å². The van der Waals surface area contributed by atoms with Crippen LogP contribution >= 0.6 is 0 Å². The van der Waals surface area contributed by atoms with E-state index in [0.29, 0.717) is 11.4 Å². The Morgan fingerprint density at radius 1 is 0.871 bits per heavy atom. The van der Waals surface area contributed by atoms with Crippen LogP contribution in [0, 0.1) is 0 Å². The molecule has 8 nitrogen and oxygen atoms in total. The van der Waals surface area contributed by atoms with Crippen LogP contribution in [0.3, 0.4) is 0 Å². The molecule has 1 saturated heterocycles. The van der Waals surface area contributed by atoms with E-state index in [-0.39, 0.29) is 29.7 Å². The lowest BCUT2D eigenvalue weighted by atomic mass is 10.1. The van der Waals surface area contributed by atoms with Crippen molar-refractivity contribution >= 4 is 38.9 Å². The number of sulfonamides is 1. The topological polar surface area (TPSA) is 108 Å². The first-order chi connectivity index (χ1) is 14.8. The van der Waals surface area contributed by atoms with Gasteiger partial charge in [0.2, 0.25) is 21.8 Å². The highest BCUT2D eigenvalue weighted by Crippen LogP contribution is 2.22. The number of amides is 2. The van der Waals surface area contributed by atoms with E-state index in [9.17, 15) is 18.0 Å². The lowest BCUT2D eigenvalue weighted by Crippen LogP contribution is -2.29. The van der Waals surface area contributed by atoms with Crippen molar-refractivity contribution in [1.29, 1.82) is 0 Å². The third kappa shape index (κ3) is 6.80. The van der Waals surface area contributed by atoms with Gasteiger partial charge in [0.25, 0.3) is 0 Å². The van der Waals surface area contributed by atoms with Gasteiger partial charge in [0.05, 0.1) is 4.90 Å². The second-order valence-corrected chi connectivity index (χ2v) is 9.26. The monoisotopic (exact) mass is 444 g/mol. The first kappa shape index (κ1) is 22.8. The molecule has 0 radical (unpaired) electrons. The Labute approximate surface area is 183 Å². The number of benzene rings is 2. The molecule has 0 atom stereocenters. The number of anilines is 3. The standard InChI is InChI=1S/C22H28N4O4S/c1-17(27)24-18-7-11-21(12-8-18)31(29,30)23-14-13-22(28)25-19-5-9-20(10-6-19)26-15-3-2-4-16-26/h5-12,23H,2-4,13-16H2,1H3,(H,24,27)(H,25,28). The Morgan fingerprint density at radius 2 is 1.45 bits per heavy atom. The molecule has 31 heavy (non-hydrogen) atoms. The highest BCUT2D eigenvalue weighted by Gasteiger charge is 2.15. The summed E-state index contributed by atoms with van der Waals surface area (Å²) in [5.74, 6) is -0.504. The second-order valence-electron chi connectivity index (χ2n) is 7.50. The molecule has 3 N–H and O–H groups in total. The van der Waals surface area contributed by atoms with Crippen molar-refractivity contribution < 1.29 is 18.0 Å². The van der Waals surface area contributed by atoms with Gasteiger partial charge in [-0.2, -0.15) is 0 Å². The third-order valence-electron chi connectivity index (χ3n) is 5.00. The number of carbonyl (C=O) groups excluding carboxylic acids is 2. The molecule has 166 valence electrons. The van der Waals surface area contributed by atoms with Gasteiger partial charge >= 0.3 is 0 Å². The highest BCUT2D eigenvalue weighted by molar-refractivity contribution is 7.89. The Bertz CT molecular complexity index is 999. The van der Waals surface area contributed by atoms with Crippen molar-refractivity contribution in [1.82, 2.24) is 4.72 Å². The number of hydrogen-bond acceptors (Lipinski definition) is 5. The number of nitrogens with one attached hydrogen (secondary N) is 3. The molecule has 2 aromatic rings. The summed E-state index contributed by atoms with van der Waals surface area (Å²) in [4.78, 5) is 25.6. The average molecular weight is 445 g/mol. The van der Waals surface area contributed by atoms with E-state index in [1.165, 1.54) is 50.5 Å². The van der Waals surface area contributed by atoms with Crippen LogP contribution in [0.15, 0.2) is 53.4 Å². The minimum Gasteiger partial charge on any atom is -0.372 e. The van der Waals surface area contributed by atoms with Gasteiger partial charge in [-0.05, 0) is 67.8 Å². The quantitative estimate of drug-likeness (QED) is 0.580. The fourth-order valence-electron chi connectivity index (χ4n) is 3.43. The van der Waals surface area contributed by atoms with Crippen LogP contribution in [-0.4, -0.2) is 39.9 Å². The van der Waals surface area contributed by atoms with E-state index in [0.717, 1.165) is 18.8 Å². The first-order valence-electron chi connectivity index (χ1n) is 10.4. The number of piperidine rings is 1. The molecular weight excluding hydrogens is 416 g/mol. The molecule has 9 heteroatoms. The summed E-state index contributed by atoms with van der Waals surface area (Å²) in [6, 6.07) is 13.5. The van der Waals surface area contributed by atoms with Crippen molar-refractivity contribution in [2.24, 2.45) is 0 Å². The van der Waals surface area contributed by atoms with Crippen LogP contribution in [0.5, 0.6) is 0 Å². The summed E-state index contributed by atoms with van der Waals surface area (Å²) in [7, 11) is -3.74. The molecule has 0 aromatic heterocycles. The van der Waals surface area contributed by atoms with Gasteiger partial charge < -0.3 is 15.5 Å². The van der Waals surface area contributed by atoms with E-state index < -0.39 is 10.0 Å². The smallest absolute Gasteiger partial charge is 0.240 e. The molecule has 0 bridgehead atoms. The number of hydrogen-bond donors (Lipinski definition) is 3. The SMILES string of the molecule is CC(=O)Nc1ccc(S(=O)(=O)NCCC(=O)Nc2ccc(N3CCCCC3)cc2)cc1. The van der Waals surface area contributed by atoms with Crippen molar-refractivity contribution in [3.05, 3.63) is 48.5 Å². The normalized spacial score (nSPS) is 14.2. The lowest BCUT2D eigenvalue weighted by molar-refractivity contribution is -0.116. The average Bonchev–Trinajstić information content (AvgIpc) is 2.75. The van der Waals surface area contributed by atoms with Crippen molar-refractivity contribution in [3.8, 4) is 0 Å². The van der Waals surface area contributed by atoms with Crippen LogP contribution in [0.4, 0.5) is 17.1 Å². The summed E-state index contributed by atoms with van der Waals surface area (Å²) in [6.45, 7) is 3.47. The Kier molecular flexibility index (Phi) is 7.64. The third-order valence-corrected chi connectivity index (χ3v) is 6.48. The molecule has 0 spiro atoms. The summed E-state index contributed by atoms with van der Waals surface area (Å²) in [5.41, 5.74) is 2.34. The fourth-order valence-corrected chi connectivity index (χ4v) is 4.47. The van der Waals surface area contributed by atoms with Gasteiger partial charge in [-0.1, -0.05) is 0 Å². The van der Waals surface area contributed by atoms with Crippen LogP contribution in [0.1, 0.15) is 32.6 Å². The maximum Gasteiger partial charge on any atom is 0.240 e. The number of rotatable bonds is 8. The Balaban J connectivity index is 1.46. The zero-order valence-corrected chi connectivity index (χ0v) is 18.4. The number of carbonyl (C=O) groups is 2. The molecule has 0 aliphatic carbocycles. The van der Waals surface area contributed by atoms with Gasteiger partial charge in [0.1, 0.15) is 0 Å². The Hall–Kier alpha value is -2.91. The van der Waals surface area contributed by atoms with Gasteiger partial charge in [0.15, 0.2) is 0 Å². The van der Waals surface area contributed by atoms with E-state index >= 15 is 0 Å². The zero-order chi connectivity index (χ0) is 22.3. The second kappa shape index (κ2) is 10.4. The molecule has 2 aromatic carbocycles. The summed E-state index contributed by atoms with van der Waals surface area (Å²) >= 11 is 0. The van der Waals surface area contributed by atoms with E-state index in [4.69, 9.17) is 0 Å². The minimum atomic E-state index is -3.74.